The molecule has 1 aromatic carbocycles. The predicted molar refractivity (Wildman–Crippen MR) is 112 cm³/mol. The van der Waals surface area contributed by atoms with Gasteiger partial charge >= 0.3 is 0 Å². The van der Waals surface area contributed by atoms with Crippen LogP contribution in [0.15, 0.2) is 45.4 Å². The molecule has 0 bridgehead atoms. The van der Waals surface area contributed by atoms with E-state index in [1.165, 1.54) is 22.3 Å². The zero-order valence-electron chi connectivity index (χ0n) is 15.7. The van der Waals surface area contributed by atoms with Gasteiger partial charge in [-0.2, -0.15) is 0 Å². The molecule has 0 atom stereocenters. The number of aromatic nitrogens is 2. The number of nitrogens with zero attached hydrogens (tertiary/aromatic N) is 2. The van der Waals surface area contributed by atoms with Gasteiger partial charge in [-0.05, 0) is 24.6 Å². The van der Waals surface area contributed by atoms with E-state index in [-0.39, 0.29) is 11.5 Å². The van der Waals surface area contributed by atoms with Crippen molar-refractivity contribution in [1.82, 2.24) is 14.7 Å². The van der Waals surface area contributed by atoms with Crippen molar-refractivity contribution in [2.45, 2.75) is 43.8 Å². The molecule has 0 aliphatic heterocycles. The molecule has 0 saturated carbocycles. The molecule has 3 aromatic rings. The van der Waals surface area contributed by atoms with Gasteiger partial charge in [0.25, 0.3) is 5.56 Å². The van der Waals surface area contributed by atoms with Gasteiger partial charge in [0.05, 0.1) is 6.42 Å². The van der Waals surface area contributed by atoms with Crippen molar-refractivity contribution in [3.63, 3.8) is 0 Å². The van der Waals surface area contributed by atoms with Gasteiger partial charge in [0.1, 0.15) is 0 Å². The molecule has 5 nitrogen and oxygen atoms in total. The van der Waals surface area contributed by atoms with Crippen molar-refractivity contribution in [2.24, 2.45) is 0 Å². The third-order valence-electron chi connectivity index (χ3n) is 3.97. The van der Waals surface area contributed by atoms with E-state index in [1.54, 1.807) is 4.40 Å². The van der Waals surface area contributed by atoms with E-state index in [0.717, 1.165) is 17.0 Å². The van der Waals surface area contributed by atoms with Gasteiger partial charge in [-0.1, -0.05) is 26.0 Å². The summed E-state index contributed by atoms with van der Waals surface area (Å²) in [6, 6.07) is 9.66. The maximum atomic E-state index is 12.2. The number of hydrogen-bond donors (Lipinski definition) is 1. The summed E-state index contributed by atoms with van der Waals surface area (Å²) in [5, 5.41) is 5.41. The summed E-state index contributed by atoms with van der Waals surface area (Å²) in [6.45, 7) is 6.63. The molecule has 1 amide bonds. The summed E-state index contributed by atoms with van der Waals surface area (Å²) in [5.74, 6) is -0.0138. The Morgan fingerprint density at radius 2 is 2.04 bits per heavy atom. The van der Waals surface area contributed by atoms with Crippen LogP contribution in [0.4, 0.5) is 0 Å². The summed E-state index contributed by atoms with van der Waals surface area (Å²) < 4.78 is 1.62. The number of hydrogen-bond acceptors (Lipinski definition) is 5. The van der Waals surface area contributed by atoms with Crippen LogP contribution in [0.1, 0.15) is 30.8 Å². The fourth-order valence-electron chi connectivity index (χ4n) is 2.79. The largest absolute Gasteiger partial charge is 0.355 e. The van der Waals surface area contributed by atoms with Gasteiger partial charge < -0.3 is 5.32 Å². The standard InChI is InChI=1S/C20H23N3O2S2/c1-13(2)27-17-6-4-15(5-7-17)11-18(24)21-9-8-16-12-26-20-22-14(3)10-19(25)23(16)20/h4-7,10,12-13H,8-9,11H2,1-3H3,(H,21,24). The van der Waals surface area contributed by atoms with E-state index in [9.17, 15) is 9.59 Å². The number of amides is 1. The number of carbonyl (C=O) groups is 1. The van der Waals surface area contributed by atoms with Crippen LogP contribution < -0.4 is 10.9 Å². The second-order valence-electron chi connectivity index (χ2n) is 6.67. The molecule has 0 aliphatic carbocycles. The van der Waals surface area contributed by atoms with E-state index in [0.29, 0.717) is 29.6 Å². The second-order valence-corrected chi connectivity index (χ2v) is 9.15. The van der Waals surface area contributed by atoms with Crippen LogP contribution in [-0.4, -0.2) is 27.1 Å². The van der Waals surface area contributed by atoms with E-state index in [4.69, 9.17) is 0 Å². The van der Waals surface area contributed by atoms with Gasteiger partial charge in [0, 0.05) is 45.9 Å². The van der Waals surface area contributed by atoms with Crippen LogP contribution in [0.2, 0.25) is 0 Å². The summed E-state index contributed by atoms with van der Waals surface area (Å²) >= 11 is 3.25. The minimum Gasteiger partial charge on any atom is -0.355 e. The molecule has 1 N–H and O–H groups in total. The topological polar surface area (TPSA) is 63.5 Å². The molecule has 3 rings (SSSR count). The van der Waals surface area contributed by atoms with Gasteiger partial charge in [-0.15, -0.1) is 23.1 Å². The lowest BCUT2D eigenvalue weighted by atomic mass is 10.1. The number of thiazole rings is 1. The molecular formula is C20H23N3O2S2. The highest BCUT2D eigenvalue weighted by molar-refractivity contribution is 7.99. The van der Waals surface area contributed by atoms with E-state index in [2.05, 4.69) is 36.3 Å². The number of benzene rings is 1. The number of rotatable bonds is 7. The van der Waals surface area contributed by atoms with Crippen molar-refractivity contribution < 1.29 is 4.79 Å². The first-order valence-electron chi connectivity index (χ1n) is 8.91. The zero-order valence-corrected chi connectivity index (χ0v) is 17.3. The minimum atomic E-state index is -0.0700. The summed E-state index contributed by atoms with van der Waals surface area (Å²) in [4.78, 5) is 30.6. The Kier molecular flexibility index (Phi) is 6.34. The Morgan fingerprint density at radius 3 is 2.74 bits per heavy atom. The first-order valence-corrected chi connectivity index (χ1v) is 10.7. The molecule has 2 heterocycles. The predicted octanol–water partition coefficient (Wildman–Crippen LogP) is 3.47. The zero-order chi connectivity index (χ0) is 19.4. The van der Waals surface area contributed by atoms with Crippen LogP contribution >= 0.6 is 23.1 Å². The third kappa shape index (κ3) is 5.20. The van der Waals surface area contributed by atoms with Crippen LogP contribution in [-0.2, 0) is 17.6 Å². The quantitative estimate of drug-likeness (QED) is 0.616. The highest BCUT2D eigenvalue weighted by atomic mass is 32.2. The van der Waals surface area contributed by atoms with E-state index in [1.807, 2.05) is 36.2 Å². The number of fused-ring (bicyclic) bond motifs is 1. The molecule has 0 saturated heterocycles. The Hall–Kier alpha value is -2.12. The van der Waals surface area contributed by atoms with Gasteiger partial charge in [0.2, 0.25) is 5.91 Å². The Bertz CT molecular complexity index is 991. The van der Waals surface area contributed by atoms with Crippen LogP contribution in [0.5, 0.6) is 0 Å². The normalized spacial score (nSPS) is 11.3. The average Bonchev–Trinajstić information content (AvgIpc) is 2.99. The molecule has 0 spiro atoms. The Balaban J connectivity index is 1.53. The third-order valence-corrected chi connectivity index (χ3v) is 5.86. The second kappa shape index (κ2) is 8.71. The van der Waals surface area contributed by atoms with E-state index >= 15 is 0 Å². The SMILES string of the molecule is Cc1cc(=O)n2c(CCNC(=O)Cc3ccc(SC(C)C)cc3)csc2n1. The highest BCUT2D eigenvalue weighted by Crippen LogP contribution is 2.23. The molecule has 27 heavy (non-hydrogen) atoms. The molecular weight excluding hydrogens is 378 g/mol. The monoisotopic (exact) mass is 401 g/mol. The first-order chi connectivity index (χ1) is 12.9. The van der Waals surface area contributed by atoms with Gasteiger partial charge in [0.15, 0.2) is 4.96 Å². The van der Waals surface area contributed by atoms with Crippen LogP contribution in [0.3, 0.4) is 0 Å². The van der Waals surface area contributed by atoms with Crippen molar-refractivity contribution in [3.05, 3.63) is 63.0 Å². The number of nitrogens with one attached hydrogen (secondary N) is 1. The first kappa shape index (κ1) is 19.6. The van der Waals surface area contributed by atoms with Crippen molar-refractivity contribution in [3.8, 4) is 0 Å². The lowest BCUT2D eigenvalue weighted by Crippen LogP contribution is -2.28. The summed E-state index contributed by atoms with van der Waals surface area (Å²) in [7, 11) is 0. The van der Waals surface area contributed by atoms with E-state index < -0.39 is 0 Å². The molecule has 2 aromatic heterocycles. The lowest BCUT2D eigenvalue weighted by molar-refractivity contribution is -0.120. The molecule has 0 aliphatic rings. The molecule has 0 fully saturated rings. The molecule has 0 unspecified atom stereocenters. The van der Waals surface area contributed by atoms with Crippen molar-refractivity contribution >= 4 is 34.0 Å². The van der Waals surface area contributed by atoms with Gasteiger partial charge in [-0.25, -0.2) is 4.98 Å². The molecule has 0 radical (unpaired) electrons. The van der Waals surface area contributed by atoms with Gasteiger partial charge in [-0.3, -0.25) is 14.0 Å². The Morgan fingerprint density at radius 1 is 1.30 bits per heavy atom. The Labute approximate surface area is 166 Å². The maximum Gasteiger partial charge on any atom is 0.258 e. The maximum absolute atomic E-state index is 12.2. The summed E-state index contributed by atoms with van der Waals surface area (Å²) in [6.07, 6.45) is 0.956. The lowest BCUT2D eigenvalue weighted by Gasteiger charge is -2.07. The van der Waals surface area contributed by atoms with Crippen LogP contribution in [0.25, 0.3) is 4.96 Å². The fraction of sp³-hybridized carbons (Fsp3) is 0.350. The number of thioether (sulfide) groups is 1. The highest BCUT2D eigenvalue weighted by Gasteiger charge is 2.09. The molecule has 142 valence electrons. The minimum absolute atomic E-state index is 0.0138. The number of carbonyl (C=O) groups excluding carboxylic acids is 1. The molecule has 7 heteroatoms. The van der Waals surface area contributed by atoms with Crippen molar-refractivity contribution in [2.75, 3.05) is 6.54 Å². The number of aryl methyl sites for hydroxylation is 1. The smallest absolute Gasteiger partial charge is 0.258 e. The van der Waals surface area contributed by atoms with Crippen LogP contribution in [0, 0.1) is 6.92 Å². The summed E-state index contributed by atoms with van der Waals surface area (Å²) in [5.41, 5.74) is 2.53. The van der Waals surface area contributed by atoms with Crippen molar-refractivity contribution in [1.29, 1.82) is 0 Å². The fourth-order valence-corrected chi connectivity index (χ4v) is 4.61. The average molecular weight is 402 g/mol.